The fourth-order valence-electron chi connectivity index (χ4n) is 1.93. The van der Waals surface area contributed by atoms with Crippen LogP contribution >= 0.6 is 11.3 Å². The summed E-state index contributed by atoms with van der Waals surface area (Å²) >= 11 is 1.81. The standard InChI is InChI=1S/C15H18N2S/c1-11-3-5-12(6-4-11)16-9-13-10-18-14(17-13)15(2)7-8-15/h3-6,10,16H,7-9H2,1-2H3. The molecule has 0 amide bonds. The highest BCUT2D eigenvalue weighted by molar-refractivity contribution is 7.09. The van der Waals surface area contributed by atoms with Gasteiger partial charge in [-0.25, -0.2) is 4.98 Å². The van der Waals surface area contributed by atoms with Crippen LogP contribution in [-0.4, -0.2) is 4.98 Å². The molecule has 1 heterocycles. The number of nitrogens with one attached hydrogen (secondary N) is 1. The second kappa shape index (κ2) is 4.39. The van der Waals surface area contributed by atoms with E-state index in [1.54, 1.807) is 11.3 Å². The summed E-state index contributed by atoms with van der Waals surface area (Å²) in [5.41, 5.74) is 4.00. The van der Waals surface area contributed by atoms with E-state index in [0.717, 1.165) is 17.9 Å². The van der Waals surface area contributed by atoms with E-state index in [1.807, 2.05) is 0 Å². The molecule has 0 aliphatic heterocycles. The lowest BCUT2D eigenvalue weighted by atomic mass is 10.2. The van der Waals surface area contributed by atoms with Gasteiger partial charge in [0.25, 0.3) is 0 Å². The van der Waals surface area contributed by atoms with E-state index in [2.05, 4.69) is 48.8 Å². The van der Waals surface area contributed by atoms with Gasteiger partial charge in [-0.05, 0) is 31.9 Å². The third kappa shape index (κ3) is 2.41. The van der Waals surface area contributed by atoms with E-state index >= 15 is 0 Å². The van der Waals surface area contributed by atoms with Crippen molar-refractivity contribution in [2.24, 2.45) is 0 Å². The topological polar surface area (TPSA) is 24.9 Å². The fourth-order valence-corrected chi connectivity index (χ4v) is 2.97. The predicted molar refractivity (Wildman–Crippen MR) is 77.2 cm³/mol. The number of hydrogen-bond donors (Lipinski definition) is 1. The molecule has 0 saturated heterocycles. The van der Waals surface area contributed by atoms with Crippen LogP contribution in [0.3, 0.4) is 0 Å². The van der Waals surface area contributed by atoms with Gasteiger partial charge >= 0.3 is 0 Å². The van der Waals surface area contributed by atoms with Crippen molar-refractivity contribution in [1.82, 2.24) is 4.98 Å². The zero-order valence-corrected chi connectivity index (χ0v) is 11.7. The van der Waals surface area contributed by atoms with Gasteiger partial charge in [0, 0.05) is 16.5 Å². The summed E-state index contributed by atoms with van der Waals surface area (Å²) in [7, 11) is 0. The number of aryl methyl sites for hydroxylation is 1. The van der Waals surface area contributed by atoms with Gasteiger partial charge in [0.15, 0.2) is 0 Å². The molecule has 0 atom stereocenters. The van der Waals surface area contributed by atoms with Crippen molar-refractivity contribution < 1.29 is 0 Å². The molecule has 1 aliphatic rings. The van der Waals surface area contributed by atoms with E-state index in [4.69, 9.17) is 4.98 Å². The van der Waals surface area contributed by atoms with Crippen molar-refractivity contribution in [1.29, 1.82) is 0 Å². The molecule has 1 aliphatic carbocycles. The second-order valence-electron chi connectivity index (χ2n) is 5.42. The first kappa shape index (κ1) is 11.7. The third-order valence-corrected chi connectivity index (χ3v) is 4.79. The number of hydrogen-bond acceptors (Lipinski definition) is 3. The zero-order valence-electron chi connectivity index (χ0n) is 10.9. The maximum absolute atomic E-state index is 4.73. The predicted octanol–water partition coefficient (Wildman–Crippen LogP) is 4.12. The minimum Gasteiger partial charge on any atom is -0.379 e. The lowest BCUT2D eigenvalue weighted by Gasteiger charge is -2.05. The Morgan fingerprint density at radius 3 is 2.67 bits per heavy atom. The molecule has 94 valence electrons. The molecule has 3 heteroatoms. The molecule has 0 spiro atoms. The minimum absolute atomic E-state index is 0.396. The zero-order chi connectivity index (χ0) is 12.6. The minimum atomic E-state index is 0.396. The largest absolute Gasteiger partial charge is 0.379 e. The van der Waals surface area contributed by atoms with Gasteiger partial charge in [-0.1, -0.05) is 24.6 Å². The highest BCUT2D eigenvalue weighted by Gasteiger charge is 2.41. The average Bonchev–Trinajstić information content (AvgIpc) is 2.94. The summed E-state index contributed by atoms with van der Waals surface area (Å²) < 4.78 is 0. The number of benzene rings is 1. The van der Waals surface area contributed by atoms with Crippen LogP contribution in [0.2, 0.25) is 0 Å². The lowest BCUT2D eigenvalue weighted by molar-refractivity contribution is 0.769. The highest BCUT2D eigenvalue weighted by Crippen LogP contribution is 2.48. The molecule has 0 bridgehead atoms. The number of aromatic nitrogens is 1. The molecule has 1 fully saturated rings. The van der Waals surface area contributed by atoms with Crippen LogP contribution in [0.5, 0.6) is 0 Å². The Morgan fingerprint density at radius 1 is 1.28 bits per heavy atom. The van der Waals surface area contributed by atoms with Crippen LogP contribution < -0.4 is 5.32 Å². The van der Waals surface area contributed by atoms with E-state index in [1.165, 1.54) is 23.4 Å². The summed E-state index contributed by atoms with van der Waals surface area (Å²) in [6, 6.07) is 8.48. The molecule has 0 radical (unpaired) electrons. The molecule has 2 aromatic rings. The SMILES string of the molecule is Cc1ccc(NCc2csc(C3(C)CC3)n2)cc1. The Labute approximate surface area is 112 Å². The van der Waals surface area contributed by atoms with Gasteiger partial charge in [0.2, 0.25) is 0 Å². The Hall–Kier alpha value is -1.35. The molecule has 0 unspecified atom stereocenters. The molecule has 1 aromatic heterocycles. The van der Waals surface area contributed by atoms with E-state index in [9.17, 15) is 0 Å². The maximum Gasteiger partial charge on any atom is 0.0988 e. The number of anilines is 1. The normalized spacial score (nSPS) is 16.6. The summed E-state index contributed by atoms with van der Waals surface area (Å²) in [4.78, 5) is 4.73. The molecule has 18 heavy (non-hydrogen) atoms. The van der Waals surface area contributed by atoms with Crippen LogP contribution in [-0.2, 0) is 12.0 Å². The molecule has 1 aromatic carbocycles. The van der Waals surface area contributed by atoms with Crippen LogP contribution in [0.15, 0.2) is 29.6 Å². The van der Waals surface area contributed by atoms with E-state index < -0.39 is 0 Å². The van der Waals surface area contributed by atoms with Gasteiger partial charge in [-0.15, -0.1) is 11.3 Å². The Kier molecular flexibility index (Phi) is 2.86. The first-order chi connectivity index (χ1) is 8.66. The summed E-state index contributed by atoms with van der Waals surface area (Å²) in [5.74, 6) is 0. The van der Waals surface area contributed by atoms with Gasteiger partial charge in [0.1, 0.15) is 0 Å². The Balaban J connectivity index is 1.63. The third-order valence-electron chi connectivity index (χ3n) is 3.59. The van der Waals surface area contributed by atoms with Crippen molar-refractivity contribution in [3.63, 3.8) is 0 Å². The first-order valence-electron chi connectivity index (χ1n) is 6.41. The highest BCUT2D eigenvalue weighted by atomic mass is 32.1. The van der Waals surface area contributed by atoms with Gasteiger partial charge < -0.3 is 5.32 Å². The molecule has 2 nitrogen and oxygen atoms in total. The Morgan fingerprint density at radius 2 is 2.00 bits per heavy atom. The summed E-state index contributed by atoms with van der Waals surface area (Å²) in [5, 5.41) is 6.91. The van der Waals surface area contributed by atoms with Gasteiger partial charge in [0.05, 0.1) is 17.2 Å². The fraction of sp³-hybridized carbons (Fsp3) is 0.400. The molecular formula is C15H18N2S. The number of nitrogens with zero attached hydrogens (tertiary/aromatic N) is 1. The van der Waals surface area contributed by atoms with Crippen molar-refractivity contribution in [3.8, 4) is 0 Å². The van der Waals surface area contributed by atoms with E-state index in [-0.39, 0.29) is 0 Å². The molecule has 1 N–H and O–H groups in total. The van der Waals surface area contributed by atoms with Gasteiger partial charge in [-0.3, -0.25) is 0 Å². The summed E-state index contributed by atoms with van der Waals surface area (Å²) in [6.07, 6.45) is 2.59. The van der Waals surface area contributed by atoms with Gasteiger partial charge in [-0.2, -0.15) is 0 Å². The molecular weight excluding hydrogens is 240 g/mol. The smallest absolute Gasteiger partial charge is 0.0988 e. The van der Waals surface area contributed by atoms with Crippen LogP contribution in [0.4, 0.5) is 5.69 Å². The second-order valence-corrected chi connectivity index (χ2v) is 6.28. The lowest BCUT2D eigenvalue weighted by Crippen LogP contribution is -2.02. The van der Waals surface area contributed by atoms with Crippen LogP contribution in [0, 0.1) is 6.92 Å². The molecule has 3 rings (SSSR count). The maximum atomic E-state index is 4.73. The quantitative estimate of drug-likeness (QED) is 0.892. The number of thiazole rings is 1. The Bertz CT molecular complexity index is 538. The first-order valence-corrected chi connectivity index (χ1v) is 7.29. The van der Waals surface area contributed by atoms with Crippen molar-refractivity contribution in [2.45, 2.75) is 38.6 Å². The van der Waals surface area contributed by atoms with Crippen LogP contribution in [0.1, 0.15) is 36.0 Å². The summed E-state index contributed by atoms with van der Waals surface area (Å²) in [6.45, 7) is 5.23. The van der Waals surface area contributed by atoms with Crippen molar-refractivity contribution in [3.05, 3.63) is 45.9 Å². The number of rotatable bonds is 4. The van der Waals surface area contributed by atoms with Crippen LogP contribution in [0.25, 0.3) is 0 Å². The van der Waals surface area contributed by atoms with E-state index in [0.29, 0.717) is 5.41 Å². The average molecular weight is 258 g/mol. The monoisotopic (exact) mass is 258 g/mol. The molecule has 1 saturated carbocycles. The van der Waals surface area contributed by atoms with Crippen molar-refractivity contribution in [2.75, 3.05) is 5.32 Å². The van der Waals surface area contributed by atoms with Crippen molar-refractivity contribution >= 4 is 17.0 Å².